The number of aryl methyl sites for hydroxylation is 1. The number of rotatable bonds is 1. The number of aromatic nitrogens is 3. The van der Waals surface area contributed by atoms with Gasteiger partial charge in [0.25, 0.3) is 0 Å². The third-order valence-corrected chi connectivity index (χ3v) is 2.93. The van der Waals surface area contributed by atoms with E-state index in [4.69, 9.17) is 5.73 Å². The SMILES string of the molecule is Cc1c(-c2ccc(F)cc2)c(N)nc2ccnn12. The lowest BCUT2D eigenvalue weighted by Gasteiger charge is -2.10. The van der Waals surface area contributed by atoms with Crippen LogP contribution >= 0.6 is 0 Å². The molecule has 0 unspecified atom stereocenters. The number of halogens is 1. The third kappa shape index (κ3) is 1.52. The van der Waals surface area contributed by atoms with Crippen molar-refractivity contribution in [2.75, 3.05) is 5.73 Å². The Balaban J connectivity index is 2.30. The van der Waals surface area contributed by atoms with Crippen LogP contribution in [0.25, 0.3) is 16.8 Å². The molecule has 2 N–H and O–H groups in total. The zero-order chi connectivity index (χ0) is 12.7. The Labute approximate surface area is 103 Å². The maximum absolute atomic E-state index is 12.9. The fourth-order valence-corrected chi connectivity index (χ4v) is 2.08. The number of nitrogens with two attached hydrogens (primary N) is 1. The summed E-state index contributed by atoms with van der Waals surface area (Å²) in [5.41, 5.74) is 9.17. The molecule has 4 nitrogen and oxygen atoms in total. The van der Waals surface area contributed by atoms with Crippen LogP contribution in [0.15, 0.2) is 36.5 Å². The molecule has 0 atom stereocenters. The molecule has 0 aliphatic heterocycles. The highest BCUT2D eigenvalue weighted by Gasteiger charge is 2.12. The molecule has 5 heteroatoms. The van der Waals surface area contributed by atoms with Gasteiger partial charge in [-0.2, -0.15) is 5.10 Å². The molecule has 18 heavy (non-hydrogen) atoms. The van der Waals surface area contributed by atoms with E-state index in [-0.39, 0.29) is 5.82 Å². The molecule has 3 aromatic rings. The van der Waals surface area contributed by atoms with Crippen LogP contribution < -0.4 is 5.73 Å². The van der Waals surface area contributed by atoms with Crippen LogP contribution in [-0.4, -0.2) is 14.6 Å². The number of nitrogen functional groups attached to an aromatic ring is 1. The van der Waals surface area contributed by atoms with E-state index in [1.807, 2.05) is 6.92 Å². The summed E-state index contributed by atoms with van der Waals surface area (Å²) in [6.45, 7) is 1.91. The molecule has 0 amide bonds. The highest BCUT2D eigenvalue weighted by molar-refractivity contribution is 5.77. The summed E-state index contributed by atoms with van der Waals surface area (Å²) < 4.78 is 14.7. The summed E-state index contributed by atoms with van der Waals surface area (Å²) in [6, 6.07) is 7.97. The molecule has 0 radical (unpaired) electrons. The molecule has 2 heterocycles. The number of hydrogen-bond acceptors (Lipinski definition) is 3. The lowest BCUT2D eigenvalue weighted by molar-refractivity contribution is 0.628. The summed E-state index contributed by atoms with van der Waals surface area (Å²) in [4.78, 5) is 4.28. The van der Waals surface area contributed by atoms with Gasteiger partial charge in [0.15, 0.2) is 5.65 Å². The Kier molecular flexibility index (Phi) is 2.26. The Morgan fingerprint density at radius 1 is 1.17 bits per heavy atom. The van der Waals surface area contributed by atoms with E-state index >= 15 is 0 Å². The molecule has 90 valence electrons. The van der Waals surface area contributed by atoms with Crippen LogP contribution in [0.4, 0.5) is 10.2 Å². The zero-order valence-corrected chi connectivity index (χ0v) is 9.76. The van der Waals surface area contributed by atoms with Crippen LogP contribution in [0, 0.1) is 12.7 Å². The maximum Gasteiger partial charge on any atom is 0.157 e. The first-order valence-electron chi connectivity index (χ1n) is 5.52. The normalized spacial score (nSPS) is 11.0. The van der Waals surface area contributed by atoms with Gasteiger partial charge in [0, 0.05) is 11.6 Å². The first kappa shape index (κ1) is 10.7. The highest BCUT2D eigenvalue weighted by Crippen LogP contribution is 2.28. The van der Waals surface area contributed by atoms with Crippen molar-refractivity contribution in [3.8, 4) is 11.1 Å². The molecule has 0 fully saturated rings. The van der Waals surface area contributed by atoms with Gasteiger partial charge in [-0.05, 0) is 24.6 Å². The lowest BCUT2D eigenvalue weighted by Crippen LogP contribution is -2.04. The molecule has 0 saturated carbocycles. The standard InChI is InChI=1S/C13H11FN4/c1-8-12(9-2-4-10(14)5-3-9)13(15)17-11-6-7-16-18(8)11/h2-7H,1H3,(H2,15,17). The Hall–Kier alpha value is -2.43. The average molecular weight is 242 g/mol. The van der Waals surface area contributed by atoms with Crippen molar-refractivity contribution in [3.63, 3.8) is 0 Å². The molecule has 0 aliphatic carbocycles. The Bertz CT molecular complexity index is 716. The number of anilines is 1. The molecule has 0 aliphatic rings. The van der Waals surface area contributed by atoms with Gasteiger partial charge in [-0.1, -0.05) is 12.1 Å². The first-order valence-corrected chi connectivity index (χ1v) is 5.52. The van der Waals surface area contributed by atoms with Crippen LogP contribution in [0.1, 0.15) is 5.69 Å². The molecule has 3 rings (SSSR count). The van der Waals surface area contributed by atoms with Crippen LogP contribution in [0.2, 0.25) is 0 Å². The summed E-state index contributed by atoms with van der Waals surface area (Å²) in [5, 5.41) is 4.19. The summed E-state index contributed by atoms with van der Waals surface area (Å²) >= 11 is 0. The quantitative estimate of drug-likeness (QED) is 0.713. The van der Waals surface area contributed by atoms with Crippen molar-refractivity contribution in [2.24, 2.45) is 0 Å². The average Bonchev–Trinajstić information content (AvgIpc) is 2.80. The number of fused-ring (bicyclic) bond motifs is 1. The maximum atomic E-state index is 12.9. The zero-order valence-electron chi connectivity index (χ0n) is 9.76. The van der Waals surface area contributed by atoms with Gasteiger partial charge in [-0.3, -0.25) is 0 Å². The minimum Gasteiger partial charge on any atom is -0.383 e. The van der Waals surface area contributed by atoms with Crippen molar-refractivity contribution in [1.82, 2.24) is 14.6 Å². The third-order valence-electron chi connectivity index (χ3n) is 2.93. The second kappa shape index (κ2) is 3.80. The van der Waals surface area contributed by atoms with E-state index < -0.39 is 0 Å². The van der Waals surface area contributed by atoms with Crippen LogP contribution in [-0.2, 0) is 0 Å². The Morgan fingerprint density at radius 3 is 2.61 bits per heavy atom. The predicted molar refractivity (Wildman–Crippen MR) is 67.5 cm³/mol. The topological polar surface area (TPSA) is 56.2 Å². The van der Waals surface area contributed by atoms with Crippen molar-refractivity contribution in [1.29, 1.82) is 0 Å². The van der Waals surface area contributed by atoms with Gasteiger partial charge in [-0.25, -0.2) is 13.9 Å². The van der Waals surface area contributed by atoms with Crippen molar-refractivity contribution in [2.45, 2.75) is 6.92 Å². The van der Waals surface area contributed by atoms with E-state index in [2.05, 4.69) is 10.1 Å². The minimum absolute atomic E-state index is 0.275. The van der Waals surface area contributed by atoms with Gasteiger partial charge in [0.2, 0.25) is 0 Å². The van der Waals surface area contributed by atoms with E-state index in [9.17, 15) is 4.39 Å². The predicted octanol–water partition coefficient (Wildman–Crippen LogP) is 2.43. The van der Waals surface area contributed by atoms with Gasteiger partial charge >= 0.3 is 0 Å². The van der Waals surface area contributed by atoms with Crippen LogP contribution in [0.3, 0.4) is 0 Å². The Morgan fingerprint density at radius 2 is 1.89 bits per heavy atom. The number of nitrogens with zero attached hydrogens (tertiary/aromatic N) is 3. The molecular formula is C13H11FN4. The van der Waals surface area contributed by atoms with E-state index in [0.29, 0.717) is 11.5 Å². The van der Waals surface area contributed by atoms with E-state index in [0.717, 1.165) is 16.8 Å². The molecule has 1 aromatic carbocycles. The molecule has 0 saturated heterocycles. The molecule has 0 bridgehead atoms. The summed E-state index contributed by atoms with van der Waals surface area (Å²) in [5.74, 6) is 0.148. The minimum atomic E-state index is -0.275. The van der Waals surface area contributed by atoms with Crippen molar-refractivity contribution in [3.05, 3.63) is 48.0 Å². The number of hydrogen-bond donors (Lipinski definition) is 1. The fraction of sp³-hybridized carbons (Fsp3) is 0.0769. The molecule has 0 spiro atoms. The fourth-order valence-electron chi connectivity index (χ4n) is 2.08. The second-order valence-corrected chi connectivity index (χ2v) is 4.07. The van der Waals surface area contributed by atoms with Gasteiger partial charge in [0.1, 0.15) is 11.6 Å². The number of benzene rings is 1. The lowest BCUT2D eigenvalue weighted by atomic mass is 10.1. The molecule has 2 aromatic heterocycles. The van der Waals surface area contributed by atoms with E-state index in [1.165, 1.54) is 12.1 Å². The monoisotopic (exact) mass is 242 g/mol. The van der Waals surface area contributed by atoms with Gasteiger partial charge in [-0.15, -0.1) is 0 Å². The van der Waals surface area contributed by atoms with Crippen LogP contribution in [0.5, 0.6) is 0 Å². The van der Waals surface area contributed by atoms with Gasteiger partial charge < -0.3 is 5.73 Å². The van der Waals surface area contributed by atoms with Gasteiger partial charge in [0.05, 0.1) is 11.9 Å². The highest BCUT2D eigenvalue weighted by atomic mass is 19.1. The summed E-state index contributed by atoms with van der Waals surface area (Å²) in [6.07, 6.45) is 1.67. The van der Waals surface area contributed by atoms with Crippen molar-refractivity contribution < 1.29 is 4.39 Å². The largest absolute Gasteiger partial charge is 0.383 e. The van der Waals surface area contributed by atoms with E-state index in [1.54, 1.807) is 28.9 Å². The smallest absolute Gasteiger partial charge is 0.157 e. The molecular weight excluding hydrogens is 231 g/mol. The summed E-state index contributed by atoms with van der Waals surface area (Å²) in [7, 11) is 0. The first-order chi connectivity index (χ1) is 8.66. The second-order valence-electron chi connectivity index (χ2n) is 4.07. The van der Waals surface area contributed by atoms with Crippen molar-refractivity contribution >= 4 is 11.5 Å².